The molecule has 0 saturated carbocycles. The number of nitrogens with zero attached hydrogens (tertiary/aromatic N) is 4. The van der Waals surface area contributed by atoms with Gasteiger partial charge in [-0.25, -0.2) is 24.0 Å². The Balaban J connectivity index is 0.000000340. The zero-order valence-corrected chi connectivity index (χ0v) is 37.6. The number of rotatable bonds is 20. The summed E-state index contributed by atoms with van der Waals surface area (Å²) in [6, 6.07) is 44.2. The number of benzene rings is 6. The molecule has 352 valence electrons. The second-order valence-electron chi connectivity index (χ2n) is 14.8. The van der Waals surface area contributed by atoms with E-state index in [1.807, 2.05) is 72.8 Å². The molecule has 0 heterocycles. The van der Waals surface area contributed by atoms with Crippen molar-refractivity contribution in [1.29, 1.82) is 5.26 Å². The average molecular weight is 931 g/mol. The standard InChI is InChI=1S/C34H30N4O6.C15H10N2O2.C4H10O2/c35-23-44-32-17-9-28(10-18-32)22-27-7-15-31(16-8-27)38-34(41)43-20-2-1-19-42-33(40)37-30-13-5-26(6-14-30)21-25-3-11-29(12-4-25)36-24-39;18-10-16-14-5-1-12(2-6-14)9-13-3-7-15(8-4-13)17-11-19;5-3-1-2-4-6/h3-18H,1-2,19-22H2,(H,37,40)(H,38,41);1-8H,9H2;5-6H,1-4H2. The lowest BCUT2D eigenvalue weighted by Crippen LogP contribution is -2.16. The summed E-state index contributed by atoms with van der Waals surface area (Å²) in [5, 5.41) is 30.1. The van der Waals surface area contributed by atoms with E-state index in [4.69, 9.17) is 29.7 Å². The molecule has 0 radical (unpaired) electrons. The molecule has 2 amide bonds. The Morgan fingerprint density at radius 2 is 0.739 bits per heavy atom. The molecule has 16 nitrogen and oxygen atoms in total. The van der Waals surface area contributed by atoms with E-state index in [2.05, 4.69) is 25.6 Å². The molecule has 69 heavy (non-hydrogen) atoms. The van der Waals surface area contributed by atoms with Crippen LogP contribution in [0.5, 0.6) is 5.75 Å². The van der Waals surface area contributed by atoms with Crippen molar-refractivity contribution >= 4 is 58.9 Å². The molecule has 16 heteroatoms. The molecule has 0 aliphatic rings. The van der Waals surface area contributed by atoms with Crippen molar-refractivity contribution in [3.05, 3.63) is 179 Å². The number of isocyanates is 3. The number of aliphatic imine (C=N–C) groups is 3. The molecule has 0 aliphatic heterocycles. The molecule has 0 aromatic heterocycles. The molecule has 6 rings (SSSR count). The number of hydrogen-bond donors (Lipinski definition) is 4. The van der Waals surface area contributed by atoms with Crippen LogP contribution < -0.4 is 15.4 Å². The second-order valence-corrected chi connectivity index (χ2v) is 14.8. The van der Waals surface area contributed by atoms with Crippen molar-refractivity contribution in [2.24, 2.45) is 15.0 Å². The Morgan fingerprint density at radius 1 is 0.449 bits per heavy atom. The number of ether oxygens (including phenoxy) is 3. The number of amides is 2. The van der Waals surface area contributed by atoms with Gasteiger partial charge in [-0.1, -0.05) is 72.8 Å². The summed E-state index contributed by atoms with van der Waals surface area (Å²) in [7, 11) is 0. The van der Waals surface area contributed by atoms with Crippen molar-refractivity contribution in [2.75, 3.05) is 37.1 Å². The highest BCUT2D eigenvalue weighted by Crippen LogP contribution is 2.20. The minimum atomic E-state index is -0.559. The van der Waals surface area contributed by atoms with Crippen LogP contribution in [0.2, 0.25) is 0 Å². The fraction of sp³-hybridized carbons (Fsp3) is 0.208. The van der Waals surface area contributed by atoms with Crippen molar-refractivity contribution in [2.45, 2.75) is 44.9 Å². The highest BCUT2D eigenvalue weighted by Gasteiger charge is 2.07. The SMILES string of the molecule is N#COc1ccc(Cc2ccc(NC(=O)OCCCCOC(=O)Nc3ccc(Cc4ccc(N=C=O)cc4)cc3)cc2)cc1.O=C=Nc1ccc(Cc2ccc(N=C=O)cc2)cc1.OCCCCO. The van der Waals surface area contributed by atoms with Gasteiger partial charge in [0, 0.05) is 24.6 Å². The summed E-state index contributed by atoms with van der Waals surface area (Å²) >= 11 is 0. The van der Waals surface area contributed by atoms with Crippen molar-refractivity contribution in [3.8, 4) is 12.0 Å². The number of carbonyl (C=O) groups excluding carboxylic acids is 5. The van der Waals surface area contributed by atoms with Gasteiger partial charge in [-0.3, -0.25) is 10.6 Å². The summed E-state index contributed by atoms with van der Waals surface area (Å²) in [6.07, 6.45) is 9.72. The van der Waals surface area contributed by atoms with Gasteiger partial charge in [-0.05, 0) is 151 Å². The number of anilines is 2. The lowest BCUT2D eigenvalue weighted by atomic mass is 10.0. The third kappa shape index (κ3) is 21.4. The Bertz CT molecular complexity index is 2610. The molecule has 4 N–H and O–H groups in total. The first-order valence-electron chi connectivity index (χ1n) is 21.7. The first kappa shape index (κ1) is 52.8. The lowest BCUT2D eigenvalue weighted by Gasteiger charge is -2.09. The monoisotopic (exact) mass is 930 g/mol. The smallest absolute Gasteiger partial charge is 0.411 e. The molecule has 0 atom stereocenters. The van der Waals surface area contributed by atoms with Gasteiger partial charge in [0.1, 0.15) is 5.75 Å². The predicted molar refractivity (Wildman–Crippen MR) is 259 cm³/mol. The van der Waals surface area contributed by atoms with Crippen molar-refractivity contribution in [3.63, 3.8) is 0 Å². The van der Waals surface area contributed by atoms with Gasteiger partial charge in [0.15, 0.2) is 0 Å². The highest BCUT2D eigenvalue weighted by atomic mass is 16.6. The van der Waals surface area contributed by atoms with Crippen LogP contribution in [0, 0.1) is 11.5 Å². The van der Waals surface area contributed by atoms with Crippen LogP contribution in [0.15, 0.2) is 161 Å². The molecular weight excluding hydrogens is 881 g/mol. The minimum Gasteiger partial charge on any atom is -0.449 e. The summed E-state index contributed by atoms with van der Waals surface area (Å²) in [5.74, 6) is 0.496. The normalized spacial score (nSPS) is 9.75. The highest BCUT2D eigenvalue weighted by molar-refractivity contribution is 5.85. The third-order valence-corrected chi connectivity index (χ3v) is 9.62. The number of aliphatic hydroxyl groups excluding tert-OH is 2. The molecule has 6 aromatic rings. The molecule has 0 spiro atoms. The number of hydrogen-bond acceptors (Lipinski definition) is 14. The number of unbranched alkanes of at least 4 members (excludes halogenated alkanes) is 2. The van der Waals surface area contributed by atoms with Crippen molar-refractivity contribution < 1.29 is 48.4 Å². The molecule has 0 unspecified atom stereocenters. The van der Waals surface area contributed by atoms with Crippen LogP contribution in [0.1, 0.15) is 59.1 Å². The van der Waals surface area contributed by atoms with Gasteiger partial charge in [0.25, 0.3) is 6.26 Å². The molecule has 0 fully saturated rings. The predicted octanol–water partition coefficient (Wildman–Crippen LogP) is 10.2. The Kier molecular flexibility index (Phi) is 23.9. The van der Waals surface area contributed by atoms with E-state index in [1.165, 1.54) is 18.2 Å². The summed E-state index contributed by atoms with van der Waals surface area (Å²) in [4.78, 5) is 65.4. The molecule has 0 aliphatic carbocycles. The van der Waals surface area contributed by atoms with E-state index in [0.717, 1.165) is 52.6 Å². The van der Waals surface area contributed by atoms with Gasteiger partial charge in [0.2, 0.25) is 18.2 Å². The van der Waals surface area contributed by atoms with E-state index < -0.39 is 12.2 Å². The Morgan fingerprint density at radius 3 is 1.01 bits per heavy atom. The minimum absolute atomic E-state index is 0.189. The van der Waals surface area contributed by atoms with Crippen LogP contribution >= 0.6 is 0 Å². The van der Waals surface area contributed by atoms with Gasteiger partial charge >= 0.3 is 12.2 Å². The molecular formula is C53H50N6O10. The summed E-state index contributed by atoms with van der Waals surface area (Å²) < 4.78 is 15.2. The third-order valence-electron chi connectivity index (χ3n) is 9.62. The van der Waals surface area contributed by atoms with Gasteiger partial charge in [0.05, 0.1) is 30.3 Å². The van der Waals surface area contributed by atoms with Crippen molar-refractivity contribution in [1.82, 2.24) is 0 Å². The fourth-order valence-corrected chi connectivity index (χ4v) is 6.14. The topological polar surface area (TPSA) is 238 Å². The number of nitriles is 1. The summed E-state index contributed by atoms with van der Waals surface area (Å²) in [6.45, 7) is 0.768. The first-order valence-corrected chi connectivity index (χ1v) is 21.7. The zero-order valence-electron chi connectivity index (χ0n) is 37.6. The van der Waals surface area contributed by atoms with E-state index in [-0.39, 0.29) is 26.4 Å². The van der Waals surface area contributed by atoms with Crippen LogP contribution in [0.25, 0.3) is 0 Å². The maximum atomic E-state index is 12.1. The van der Waals surface area contributed by atoms with Gasteiger partial charge in [-0.15, -0.1) is 5.26 Å². The Hall–Kier alpha value is -8.79. The zero-order chi connectivity index (χ0) is 49.3. The van der Waals surface area contributed by atoms with E-state index in [9.17, 15) is 24.0 Å². The second kappa shape index (κ2) is 31.2. The van der Waals surface area contributed by atoms with E-state index >= 15 is 0 Å². The first-order chi connectivity index (χ1) is 33.7. The van der Waals surface area contributed by atoms with Crippen LogP contribution in [-0.4, -0.2) is 67.1 Å². The molecule has 0 bridgehead atoms. The van der Waals surface area contributed by atoms with Crippen LogP contribution in [0.4, 0.5) is 38.0 Å². The van der Waals surface area contributed by atoms with Gasteiger partial charge in [-0.2, -0.15) is 15.0 Å². The Labute approximate surface area is 399 Å². The lowest BCUT2D eigenvalue weighted by molar-refractivity contribution is 0.143. The van der Waals surface area contributed by atoms with Crippen LogP contribution in [-0.2, 0) is 43.1 Å². The summed E-state index contributed by atoms with van der Waals surface area (Å²) in [5.41, 5.74) is 9.44. The van der Waals surface area contributed by atoms with E-state index in [1.54, 1.807) is 79.1 Å². The quantitative estimate of drug-likeness (QED) is 0.0243. The van der Waals surface area contributed by atoms with Gasteiger partial charge < -0.3 is 24.4 Å². The van der Waals surface area contributed by atoms with Crippen LogP contribution in [0.3, 0.4) is 0 Å². The number of nitrogens with one attached hydrogen (secondary N) is 2. The molecule has 0 saturated heterocycles. The maximum absolute atomic E-state index is 12.1. The largest absolute Gasteiger partial charge is 0.449 e. The van der Waals surface area contributed by atoms with E-state index in [0.29, 0.717) is 59.9 Å². The average Bonchev–Trinajstić information content (AvgIpc) is 3.36. The fourth-order valence-electron chi connectivity index (χ4n) is 6.14. The number of carbonyl (C=O) groups is 2. The molecule has 6 aromatic carbocycles. The number of aliphatic hydroxyl groups is 2. The maximum Gasteiger partial charge on any atom is 0.411 e.